The number of rotatable bonds is 2. The summed E-state index contributed by atoms with van der Waals surface area (Å²) in [5, 5.41) is -0.498. The van der Waals surface area contributed by atoms with E-state index in [2.05, 4.69) is 4.98 Å². The molecule has 88 valence electrons. The van der Waals surface area contributed by atoms with Gasteiger partial charge in [-0.05, 0) is 25.0 Å². The highest BCUT2D eigenvalue weighted by atomic mass is 32.2. The van der Waals surface area contributed by atoms with Gasteiger partial charge in [-0.1, -0.05) is 0 Å². The molecule has 0 aliphatic carbocycles. The van der Waals surface area contributed by atoms with Crippen molar-refractivity contribution < 1.29 is 13.2 Å². The summed E-state index contributed by atoms with van der Waals surface area (Å²) >= 11 is 0. The molecule has 16 heavy (non-hydrogen) atoms. The van der Waals surface area contributed by atoms with Gasteiger partial charge in [0.05, 0.1) is 24.2 Å². The minimum atomic E-state index is -3.04. The van der Waals surface area contributed by atoms with Crippen molar-refractivity contribution in [2.45, 2.75) is 18.1 Å². The zero-order valence-corrected chi connectivity index (χ0v) is 9.83. The molecule has 5 nitrogen and oxygen atoms in total. The maximum Gasteiger partial charge on any atom is 0.237 e. The van der Waals surface area contributed by atoms with Gasteiger partial charge in [0.1, 0.15) is 5.25 Å². The van der Waals surface area contributed by atoms with Crippen LogP contribution in [0.2, 0.25) is 0 Å². The van der Waals surface area contributed by atoms with E-state index in [0.717, 1.165) is 0 Å². The Morgan fingerprint density at radius 3 is 2.81 bits per heavy atom. The van der Waals surface area contributed by atoms with Crippen molar-refractivity contribution in [3.05, 3.63) is 17.8 Å². The third kappa shape index (κ3) is 1.84. The van der Waals surface area contributed by atoms with Crippen LogP contribution in [0.5, 0.6) is 5.88 Å². The minimum Gasteiger partial charge on any atom is -0.480 e. The Labute approximate surface area is 94.5 Å². The molecule has 1 aromatic rings. The van der Waals surface area contributed by atoms with Crippen molar-refractivity contribution >= 4 is 15.5 Å². The number of nitrogens with zero attached hydrogens (tertiary/aromatic N) is 1. The van der Waals surface area contributed by atoms with Crippen LogP contribution in [0, 0.1) is 0 Å². The number of hydrogen-bond donors (Lipinski definition) is 1. The van der Waals surface area contributed by atoms with E-state index in [1.54, 1.807) is 12.1 Å². The standard InChI is InChI=1S/C10H14N2O3S/c1-15-10-7(11)4-5-8(12-10)9-3-2-6-16(9,13)14/h4-5,9H,2-3,6,11H2,1H3. The van der Waals surface area contributed by atoms with Crippen LogP contribution >= 0.6 is 0 Å². The second-order valence-electron chi connectivity index (χ2n) is 3.83. The first kappa shape index (κ1) is 11.2. The Morgan fingerprint density at radius 2 is 2.25 bits per heavy atom. The highest BCUT2D eigenvalue weighted by molar-refractivity contribution is 7.91. The third-order valence-corrected chi connectivity index (χ3v) is 4.97. The number of sulfone groups is 1. The molecule has 1 fully saturated rings. The summed E-state index contributed by atoms with van der Waals surface area (Å²) < 4.78 is 28.5. The Balaban J connectivity index is 2.41. The number of anilines is 1. The number of nitrogens with two attached hydrogens (primary N) is 1. The topological polar surface area (TPSA) is 82.3 Å². The minimum absolute atomic E-state index is 0.242. The van der Waals surface area contributed by atoms with Gasteiger partial charge in [-0.25, -0.2) is 13.4 Å². The van der Waals surface area contributed by atoms with Gasteiger partial charge in [0.2, 0.25) is 5.88 Å². The van der Waals surface area contributed by atoms with Crippen LogP contribution in [0.3, 0.4) is 0 Å². The number of ether oxygens (including phenoxy) is 1. The molecular weight excluding hydrogens is 228 g/mol. The lowest BCUT2D eigenvalue weighted by molar-refractivity contribution is 0.398. The molecule has 1 atom stereocenters. The smallest absolute Gasteiger partial charge is 0.237 e. The third-order valence-electron chi connectivity index (χ3n) is 2.76. The maximum atomic E-state index is 11.7. The Morgan fingerprint density at radius 1 is 1.50 bits per heavy atom. The fourth-order valence-electron chi connectivity index (χ4n) is 1.93. The Bertz CT molecular complexity index is 499. The molecule has 1 unspecified atom stereocenters. The van der Waals surface area contributed by atoms with Gasteiger partial charge < -0.3 is 10.5 Å². The van der Waals surface area contributed by atoms with Crippen LogP contribution in [0.15, 0.2) is 12.1 Å². The molecular formula is C10H14N2O3S. The molecule has 0 amide bonds. The van der Waals surface area contributed by atoms with Crippen molar-refractivity contribution in [2.75, 3.05) is 18.6 Å². The lowest BCUT2D eigenvalue weighted by Crippen LogP contribution is -2.10. The van der Waals surface area contributed by atoms with Crippen molar-refractivity contribution in [1.29, 1.82) is 0 Å². The molecule has 1 aromatic heterocycles. The van der Waals surface area contributed by atoms with Gasteiger partial charge in [-0.15, -0.1) is 0 Å². The first-order valence-electron chi connectivity index (χ1n) is 5.06. The molecule has 0 radical (unpaired) electrons. The molecule has 6 heteroatoms. The second-order valence-corrected chi connectivity index (χ2v) is 6.14. The highest BCUT2D eigenvalue weighted by Crippen LogP contribution is 2.35. The molecule has 0 aromatic carbocycles. The monoisotopic (exact) mass is 242 g/mol. The van der Waals surface area contributed by atoms with E-state index in [9.17, 15) is 8.42 Å². The van der Waals surface area contributed by atoms with E-state index in [1.807, 2.05) is 0 Å². The fraction of sp³-hybridized carbons (Fsp3) is 0.500. The van der Waals surface area contributed by atoms with Gasteiger partial charge in [-0.2, -0.15) is 0 Å². The summed E-state index contributed by atoms with van der Waals surface area (Å²) in [5.74, 6) is 0.533. The van der Waals surface area contributed by atoms with Gasteiger partial charge in [0, 0.05) is 0 Å². The Hall–Kier alpha value is -1.30. The van der Waals surface area contributed by atoms with Crippen molar-refractivity contribution in [1.82, 2.24) is 4.98 Å². The van der Waals surface area contributed by atoms with E-state index in [0.29, 0.717) is 30.1 Å². The Kier molecular flexibility index (Phi) is 2.75. The van der Waals surface area contributed by atoms with Crippen LogP contribution in [0.25, 0.3) is 0 Å². The first-order chi connectivity index (χ1) is 7.54. The number of aromatic nitrogens is 1. The predicted octanol–water partition coefficient (Wildman–Crippen LogP) is 0.922. The van der Waals surface area contributed by atoms with Crippen LogP contribution in [0.1, 0.15) is 23.8 Å². The average molecular weight is 242 g/mol. The van der Waals surface area contributed by atoms with Crippen LogP contribution < -0.4 is 10.5 Å². The molecule has 0 spiro atoms. The summed E-state index contributed by atoms with van der Waals surface area (Å²) in [6.45, 7) is 0. The average Bonchev–Trinajstić information content (AvgIpc) is 2.59. The first-order valence-corrected chi connectivity index (χ1v) is 6.78. The second kappa shape index (κ2) is 3.93. The molecule has 2 rings (SSSR count). The summed E-state index contributed by atoms with van der Waals surface area (Å²) in [6.07, 6.45) is 1.32. The normalized spacial score (nSPS) is 23.2. The van der Waals surface area contributed by atoms with Crippen molar-refractivity contribution in [2.24, 2.45) is 0 Å². The largest absolute Gasteiger partial charge is 0.480 e. The van der Waals surface area contributed by atoms with Crippen LogP contribution in [-0.4, -0.2) is 26.3 Å². The lowest BCUT2D eigenvalue weighted by Gasteiger charge is -2.11. The molecule has 1 saturated heterocycles. The van der Waals surface area contributed by atoms with Gasteiger partial charge in [0.25, 0.3) is 0 Å². The van der Waals surface area contributed by atoms with Crippen LogP contribution in [-0.2, 0) is 9.84 Å². The number of hydrogen-bond acceptors (Lipinski definition) is 5. The van der Waals surface area contributed by atoms with Crippen molar-refractivity contribution in [3.8, 4) is 5.88 Å². The molecule has 2 N–H and O–H groups in total. The molecule has 1 aliphatic rings. The van der Waals surface area contributed by atoms with E-state index < -0.39 is 15.1 Å². The zero-order valence-electron chi connectivity index (χ0n) is 9.01. The summed E-state index contributed by atoms with van der Waals surface area (Å²) in [7, 11) is -1.57. The lowest BCUT2D eigenvalue weighted by atomic mass is 10.2. The molecule has 0 bridgehead atoms. The van der Waals surface area contributed by atoms with E-state index in [-0.39, 0.29) is 5.75 Å². The van der Waals surface area contributed by atoms with Gasteiger partial charge >= 0.3 is 0 Å². The van der Waals surface area contributed by atoms with Crippen LogP contribution in [0.4, 0.5) is 5.69 Å². The van der Waals surface area contributed by atoms with Gasteiger partial charge in [0.15, 0.2) is 9.84 Å². The zero-order chi connectivity index (χ0) is 11.8. The van der Waals surface area contributed by atoms with Gasteiger partial charge in [-0.3, -0.25) is 0 Å². The van der Waals surface area contributed by atoms with E-state index in [4.69, 9.17) is 10.5 Å². The quantitative estimate of drug-likeness (QED) is 0.834. The maximum absolute atomic E-state index is 11.7. The van der Waals surface area contributed by atoms with E-state index >= 15 is 0 Å². The van der Waals surface area contributed by atoms with E-state index in [1.165, 1.54) is 7.11 Å². The molecule has 0 saturated carbocycles. The SMILES string of the molecule is COc1nc(C2CCCS2(=O)=O)ccc1N. The number of methoxy groups -OCH3 is 1. The fourth-order valence-corrected chi connectivity index (χ4v) is 3.81. The molecule has 2 heterocycles. The predicted molar refractivity (Wildman–Crippen MR) is 61.0 cm³/mol. The van der Waals surface area contributed by atoms with Crippen molar-refractivity contribution in [3.63, 3.8) is 0 Å². The summed E-state index contributed by atoms with van der Waals surface area (Å²) in [4.78, 5) is 4.14. The molecule has 1 aliphatic heterocycles. The summed E-state index contributed by atoms with van der Waals surface area (Å²) in [5.41, 5.74) is 6.58. The summed E-state index contributed by atoms with van der Waals surface area (Å²) in [6, 6.07) is 3.29. The highest BCUT2D eigenvalue weighted by Gasteiger charge is 2.33. The number of pyridine rings is 1. The number of nitrogen functional groups attached to an aromatic ring is 1.